The molecule has 570 valence electrons. The number of phosphoric acid groups is 1. The van der Waals surface area contributed by atoms with Crippen molar-refractivity contribution in [3.8, 4) is 11.5 Å². The van der Waals surface area contributed by atoms with Gasteiger partial charge in [-0.2, -0.15) is 0 Å². The number of benzene rings is 2. The third kappa shape index (κ3) is 28.2. The molecular formula is C66H97N12O24P. The van der Waals surface area contributed by atoms with Crippen LogP contribution in [-0.4, -0.2) is 214 Å². The summed E-state index contributed by atoms with van der Waals surface area (Å²) in [7, 11) is -5.09. The minimum absolute atomic E-state index is 0.0163. The molecule has 0 unspecified atom stereocenters. The first-order valence-corrected chi connectivity index (χ1v) is 35.4. The molecule has 36 nitrogen and oxygen atoms in total. The number of aliphatic carboxylic acids is 4. The lowest BCUT2D eigenvalue weighted by molar-refractivity contribution is -0.144. The van der Waals surface area contributed by atoms with Gasteiger partial charge in [0.05, 0.1) is 6.04 Å². The Kier molecular flexibility index (Phi) is 33.9. The van der Waals surface area contributed by atoms with Crippen LogP contribution in [0.4, 0.5) is 0 Å². The number of carbonyl (C=O) groups excluding carboxylic acids is 11. The molecule has 2 aromatic carbocycles. The average molecular weight is 1470 g/mol. The minimum atomic E-state index is -5.09. The monoisotopic (exact) mass is 1470 g/mol. The molecule has 0 bridgehead atoms. The molecule has 103 heavy (non-hydrogen) atoms. The number of amides is 11. The zero-order valence-electron chi connectivity index (χ0n) is 58.2. The second-order valence-corrected chi connectivity index (χ2v) is 27.3. The van der Waals surface area contributed by atoms with Crippen molar-refractivity contribution in [3.63, 3.8) is 0 Å². The Morgan fingerprint density at radius 3 is 1.34 bits per heavy atom. The van der Waals surface area contributed by atoms with E-state index in [4.69, 9.17) is 16.6 Å². The van der Waals surface area contributed by atoms with Crippen LogP contribution in [0.2, 0.25) is 0 Å². The normalized spacial score (nSPS) is 17.5. The molecule has 13 atom stereocenters. The van der Waals surface area contributed by atoms with E-state index in [0.29, 0.717) is 12.0 Å². The second-order valence-electron chi connectivity index (χ2n) is 26.2. The largest absolute Gasteiger partial charge is 0.524 e. The van der Waals surface area contributed by atoms with Crippen LogP contribution >= 0.6 is 7.82 Å². The van der Waals surface area contributed by atoms with Gasteiger partial charge in [-0.05, 0) is 111 Å². The quantitative estimate of drug-likeness (QED) is 0.0351. The molecule has 2 fully saturated rings. The molecule has 0 radical (unpaired) electrons. The SMILES string of the molecule is CC[C@H](C)[C@H](NC(=O)[C@H]1CCCN1C(=O)[C@@H](NC(=O)[C@H](CCC(=O)O)NC(=O)[C@H](CCC(=O)O)NC(=O)[C@H](Cc1ccc(OP(=O)(O)O)cc1)NC(=O)[C@H](CCC(N)=O)NC(=O)[C@@H]1CCCN1C(=O)[C@@H](N)CCC(=O)O)[C@@H](C)CC)C(=O)N[C@@H](Cc1ccc(O)cc1)C(=O)N[C@@H](CC(C)C)C(=O)O. The molecule has 19 N–H and O–H groups in total. The van der Waals surface area contributed by atoms with Crippen molar-refractivity contribution in [3.05, 3.63) is 59.7 Å². The smallest absolute Gasteiger partial charge is 0.508 e. The molecule has 37 heteroatoms. The third-order valence-corrected chi connectivity index (χ3v) is 18.1. The molecule has 2 aromatic rings. The Morgan fingerprint density at radius 2 is 0.893 bits per heavy atom. The van der Waals surface area contributed by atoms with Gasteiger partial charge in [-0.25, -0.2) is 9.36 Å². The van der Waals surface area contributed by atoms with E-state index in [0.717, 1.165) is 17.0 Å². The van der Waals surface area contributed by atoms with Gasteiger partial charge in [-0.15, -0.1) is 0 Å². The van der Waals surface area contributed by atoms with E-state index in [1.165, 1.54) is 41.3 Å². The van der Waals surface area contributed by atoms with Gasteiger partial charge in [-0.1, -0.05) is 78.6 Å². The average Bonchev–Trinajstić information content (AvgIpc) is 1.76. The maximum Gasteiger partial charge on any atom is 0.524 e. The number of rotatable bonds is 43. The van der Waals surface area contributed by atoms with Crippen LogP contribution in [0.25, 0.3) is 0 Å². The molecule has 2 aliphatic rings. The van der Waals surface area contributed by atoms with E-state index in [-0.39, 0.29) is 87.4 Å². The number of hydrogen-bond donors (Lipinski definition) is 17. The Balaban J connectivity index is 1.65. The van der Waals surface area contributed by atoms with Gasteiger partial charge in [0.2, 0.25) is 65.0 Å². The number of hydrogen-bond acceptors (Lipinski definition) is 19. The van der Waals surface area contributed by atoms with Gasteiger partial charge >= 0.3 is 31.7 Å². The zero-order valence-corrected chi connectivity index (χ0v) is 59.1. The number of nitrogens with one attached hydrogen (secondary N) is 8. The Hall–Kier alpha value is -9.80. The minimum Gasteiger partial charge on any atom is -0.508 e. The maximum absolute atomic E-state index is 14.9. The van der Waals surface area contributed by atoms with Crippen molar-refractivity contribution in [2.45, 2.75) is 217 Å². The van der Waals surface area contributed by atoms with Crippen LogP contribution in [0.1, 0.15) is 149 Å². The van der Waals surface area contributed by atoms with E-state index < -0.39 is 226 Å². The highest BCUT2D eigenvalue weighted by Gasteiger charge is 2.44. The predicted octanol–water partition coefficient (Wildman–Crippen LogP) is -1.08. The van der Waals surface area contributed by atoms with Gasteiger partial charge in [-0.3, -0.25) is 76.9 Å². The molecule has 4 rings (SSSR count). The first kappa shape index (κ1) is 85.6. The maximum atomic E-state index is 14.9. The molecule has 0 aromatic heterocycles. The summed E-state index contributed by atoms with van der Waals surface area (Å²) in [5.74, 6) is -18.2. The Bertz CT molecular complexity index is 3410. The fourth-order valence-corrected chi connectivity index (χ4v) is 12.0. The number of likely N-dealkylation sites (tertiary alicyclic amines) is 2. The van der Waals surface area contributed by atoms with Crippen LogP contribution in [0.5, 0.6) is 11.5 Å². The highest BCUT2D eigenvalue weighted by molar-refractivity contribution is 7.46. The topological polar surface area (TPSA) is 579 Å². The summed E-state index contributed by atoms with van der Waals surface area (Å²) in [6.07, 6.45) is -4.40. The van der Waals surface area contributed by atoms with E-state index in [1.54, 1.807) is 41.5 Å². The summed E-state index contributed by atoms with van der Waals surface area (Å²) in [6, 6.07) is -6.46. The summed E-state index contributed by atoms with van der Waals surface area (Å²) < 4.78 is 16.2. The van der Waals surface area contributed by atoms with Gasteiger partial charge in [0.1, 0.15) is 71.9 Å². The molecule has 11 amide bonds. The first-order chi connectivity index (χ1) is 48.3. The summed E-state index contributed by atoms with van der Waals surface area (Å²) in [4.78, 5) is 224. The summed E-state index contributed by atoms with van der Waals surface area (Å²) in [6.45, 7) is 10.1. The van der Waals surface area contributed by atoms with Gasteiger partial charge < -0.3 is 93.9 Å². The molecular weight excluding hydrogens is 1380 g/mol. The predicted molar refractivity (Wildman–Crippen MR) is 363 cm³/mol. The molecule has 0 saturated carbocycles. The number of phosphoric ester groups is 1. The van der Waals surface area contributed by atoms with Crippen LogP contribution in [0.3, 0.4) is 0 Å². The number of phenols is 1. The number of nitrogens with two attached hydrogens (primary N) is 2. The Morgan fingerprint density at radius 1 is 0.505 bits per heavy atom. The number of primary amides is 1. The van der Waals surface area contributed by atoms with Crippen molar-refractivity contribution < 1.29 is 116 Å². The second kappa shape index (κ2) is 40.7. The third-order valence-electron chi connectivity index (χ3n) is 17.7. The van der Waals surface area contributed by atoms with E-state index >= 15 is 0 Å². The fraction of sp³-hybridized carbons (Fsp3) is 0.591. The van der Waals surface area contributed by atoms with Crippen LogP contribution in [-0.2, 0) is 89.3 Å². The molecule has 2 saturated heterocycles. The highest BCUT2D eigenvalue weighted by atomic mass is 31.2. The van der Waals surface area contributed by atoms with E-state index in [2.05, 4.69) is 47.1 Å². The molecule has 2 heterocycles. The fourth-order valence-electron chi connectivity index (χ4n) is 11.6. The van der Waals surface area contributed by atoms with Gasteiger partial charge in [0, 0.05) is 51.6 Å². The van der Waals surface area contributed by atoms with Crippen molar-refractivity contribution >= 4 is 96.7 Å². The molecule has 2 aliphatic heterocycles. The number of carbonyl (C=O) groups is 15. The van der Waals surface area contributed by atoms with Crippen molar-refractivity contribution in [2.75, 3.05) is 13.1 Å². The number of aromatic hydroxyl groups is 1. The van der Waals surface area contributed by atoms with Crippen LogP contribution in [0.15, 0.2) is 48.5 Å². The van der Waals surface area contributed by atoms with E-state index in [9.17, 15) is 107 Å². The number of carboxylic acids is 4. The van der Waals surface area contributed by atoms with Crippen molar-refractivity contribution in [1.29, 1.82) is 0 Å². The highest BCUT2D eigenvalue weighted by Crippen LogP contribution is 2.37. The molecule has 0 spiro atoms. The van der Waals surface area contributed by atoms with E-state index in [1.807, 2.05) is 0 Å². The van der Waals surface area contributed by atoms with Crippen LogP contribution in [0, 0.1) is 17.8 Å². The summed E-state index contributed by atoms with van der Waals surface area (Å²) in [5.41, 5.74) is 12.0. The first-order valence-electron chi connectivity index (χ1n) is 33.9. The zero-order chi connectivity index (χ0) is 77.2. The Labute approximate surface area is 593 Å². The van der Waals surface area contributed by atoms with Gasteiger partial charge in [0.25, 0.3) is 0 Å². The lowest BCUT2D eigenvalue weighted by atomic mass is 9.95. The molecule has 0 aliphatic carbocycles. The number of phenolic OH excluding ortho intramolecular Hbond substituents is 1. The lowest BCUT2D eigenvalue weighted by Gasteiger charge is -2.33. The summed E-state index contributed by atoms with van der Waals surface area (Å²) in [5, 5.41) is 68.8. The van der Waals surface area contributed by atoms with Crippen molar-refractivity contribution in [2.24, 2.45) is 29.2 Å². The number of carboxylic acid groups (broad SMARTS) is 4. The standard InChI is InChI=1S/C66H97N12O24P/c1-7-35(5)54(63(94)73-46(32-37-13-17-39(79)18-14-37)60(91)74-47(66(97)98)31-34(3)4)75-62(93)49-12-10-30-78(49)65(96)55(36(6)8-2)76-58(89)44(24-28-53(85)86)69-56(87)43(23-27-52(83)84)70-59(90)45(33-38-15-19-40(20-16-38)102-103(99,100)101)72-57(88)42(22-25-50(68)80)71-61(92)48-11-9-29-77(48)64(95)41(67)21-26-51(81)82/h13-20,34-36,41-49,54-55,79H,7-12,21-33,67H2,1-6H3,(H2,68,80)(H,69,87)(H,70,90)(H,71,92)(H,72,88)(H,73,94)(H,74,91)(H,75,93)(H,76,89)(H,81,82)(H,83,84)(H,85,86)(H,97,98)(H2,99,100,101)/t35-,36-,41-,42-,43-,44-,45-,46-,47-,48-,49+,54-,55-/m0/s1. The van der Waals surface area contributed by atoms with Crippen LogP contribution < -0.4 is 58.5 Å². The summed E-state index contributed by atoms with van der Waals surface area (Å²) >= 11 is 0. The lowest BCUT2D eigenvalue weighted by Crippen LogP contribution is -2.62. The number of nitrogens with zero attached hydrogens (tertiary/aromatic N) is 2. The van der Waals surface area contributed by atoms with Gasteiger partial charge in [0.15, 0.2) is 0 Å². The van der Waals surface area contributed by atoms with Crippen molar-refractivity contribution in [1.82, 2.24) is 52.3 Å².